The normalized spacial score (nSPS) is 14.8. The third-order valence-corrected chi connectivity index (χ3v) is 5.43. The van der Waals surface area contributed by atoms with Crippen LogP contribution in [0.3, 0.4) is 0 Å². The van der Waals surface area contributed by atoms with Gasteiger partial charge in [0.1, 0.15) is 0 Å². The van der Waals surface area contributed by atoms with Crippen molar-refractivity contribution in [2.45, 2.75) is 37.3 Å². The summed E-state index contributed by atoms with van der Waals surface area (Å²) < 4.78 is 1.96. The summed E-state index contributed by atoms with van der Waals surface area (Å²) in [6.45, 7) is 0.717. The summed E-state index contributed by atoms with van der Waals surface area (Å²) in [7, 11) is 0. The van der Waals surface area contributed by atoms with Crippen LogP contribution in [0.2, 0.25) is 0 Å². The van der Waals surface area contributed by atoms with E-state index in [9.17, 15) is 4.79 Å². The maximum absolute atomic E-state index is 12.1. The predicted molar refractivity (Wildman–Crippen MR) is 99.7 cm³/mol. The van der Waals surface area contributed by atoms with Crippen LogP contribution in [0.25, 0.3) is 16.8 Å². The van der Waals surface area contributed by atoms with Crippen molar-refractivity contribution in [2.75, 3.05) is 12.3 Å². The Morgan fingerprint density at radius 1 is 1.32 bits per heavy atom. The first kappa shape index (κ1) is 16.2. The zero-order valence-corrected chi connectivity index (χ0v) is 14.8. The van der Waals surface area contributed by atoms with Crippen LogP contribution in [0.1, 0.15) is 32.1 Å². The number of allylic oxidation sites excluding steroid dienone is 1. The lowest BCUT2D eigenvalue weighted by Crippen LogP contribution is -2.26. The monoisotopic (exact) mass is 355 g/mol. The highest BCUT2D eigenvalue weighted by molar-refractivity contribution is 7.99. The summed E-state index contributed by atoms with van der Waals surface area (Å²) in [6, 6.07) is 7.92. The molecule has 2 heterocycles. The van der Waals surface area contributed by atoms with Crippen LogP contribution in [-0.4, -0.2) is 37.8 Å². The fourth-order valence-corrected chi connectivity index (χ4v) is 4.00. The van der Waals surface area contributed by atoms with Gasteiger partial charge in [0.25, 0.3) is 0 Å². The lowest BCUT2D eigenvalue weighted by molar-refractivity contribution is -0.118. The van der Waals surface area contributed by atoms with Gasteiger partial charge in [-0.15, -0.1) is 5.10 Å². The number of hydrogen-bond acceptors (Lipinski definition) is 4. The number of carbonyl (C=O) groups excluding carboxylic acids is 1. The van der Waals surface area contributed by atoms with Crippen molar-refractivity contribution in [1.82, 2.24) is 24.9 Å². The smallest absolute Gasteiger partial charge is 0.231 e. The Labute approximate surface area is 150 Å². The highest BCUT2D eigenvalue weighted by atomic mass is 32.2. The summed E-state index contributed by atoms with van der Waals surface area (Å²) in [5.74, 6) is 1.10. The first-order valence-corrected chi connectivity index (χ1v) is 9.69. The maximum Gasteiger partial charge on any atom is 0.231 e. The first-order chi connectivity index (χ1) is 12.3. The fraction of sp³-hybridized carbons (Fsp3) is 0.389. The van der Waals surface area contributed by atoms with Crippen LogP contribution in [0.5, 0.6) is 0 Å². The number of aromatic nitrogens is 4. The highest BCUT2D eigenvalue weighted by Crippen LogP contribution is 2.23. The standard InChI is InChI=1S/C18H21N5OS/c24-16(19-11-10-13-6-2-1-3-7-13)12-25-18-22-21-17-20-14-8-4-5-9-15(14)23(17)18/h4-6,8-9H,1-3,7,10-12H2,(H,19,24)(H,20,21). The van der Waals surface area contributed by atoms with E-state index in [-0.39, 0.29) is 5.91 Å². The van der Waals surface area contributed by atoms with Gasteiger partial charge in [0.15, 0.2) is 5.16 Å². The van der Waals surface area contributed by atoms with Crippen molar-refractivity contribution in [2.24, 2.45) is 0 Å². The van der Waals surface area contributed by atoms with Crippen molar-refractivity contribution >= 4 is 34.5 Å². The van der Waals surface area contributed by atoms with E-state index < -0.39 is 0 Å². The number of thioether (sulfide) groups is 1. The van der Waals surface area contributed by atoms with Gasteiger partial charge in [-0.25, -0.2) is 10.1 Å². The van der Waals surface area contributed by atoms with E-state index in [1.165, 1.54) is 43.0 Å². The molecule has 7 heteroatoms. The molecule has 130 valence electrons. The number of fused-ring (bicyclic) bond motifs is 3. The van der Waals surface area contributed by atoms with Crippen LogP contribution in [0, 0.1) is 0 Å². The van der Waals surface area contributed by atoms with E-state index in [1.807, 2.05) is 28.7 Å². The first-order valence-electron chi connectivity index (χ1n) is 8.70. The number of H-pyrrole nitrogens is 1. The minimum absolute atomic E-state index is 0.0435. The van der Waals surface area contributed by atoms with Gasteiger partial charge in [0, 0.05) is 6.54 Å². The highest BCUT2D eigenvalue weighted by Gasteiger charge is 2.13. The number of hydrogen-bond donors (Lipinski definition) is 2. The molecular formula is C18H21N5OS. The molecule has 2 N–H and O–H groups in total. The molecule has 0 bridgehead atoms. The van der Waals surface area contributed by atoms with E-state index in [0.29, 0.717) is 11.5 Å². The average Bonchev–Trinajstić information content (AvgIpc) is 3.20. The molecule has 0 fully saturated rings. The van der Waals surface area contributed by atoms with E-state index in [0.717, 1.165) is 29.2 Å². The second kappa shape index (κ2) is 7.31. The molecular weight excluding hydrogens is 334 g/mol. The average molecular weight is 355 g/mol. The van der Waals surface area contributed by atoms with Gasteiger partial charge in [-0.3, -0.25) is 9.20 Å². The third kappa shape index (κ3) is 3.56. The fourth-order valence-electron chi connectivity index (χ4n) is 3.21. The number of para-hydroxylation sites is 2. The minimum atomic E-state index is 0.0435. The molecule has 25 heavy (non-hydrogen) atoms. The van der Waals surface area contributed by atoms with Crippen LogP contribution in [0.4, 0.5) is 0 Å². The zero-order chi connectivity index (χ0) is 17.1. The number of benzene rings is 1. The van der Waals surface area contributed by atoms with Gasteiger partial charge < -0.3 is 5.32 Å². The minimum Gasteiger partial charge on any atom is -0.355 e. The number of imidazole rings is 1. The Kier molecular flexibility index (Phi) is 4.74. The van der Waals surface area contributed by atoms with Gasteiger partial charge >= 0.3 is 0 Å². The molecule has 6 nitrogen and oxygen atoms in total. The number of aromatic amines is 1. The molecule has 3 aromatic rings. The maximum atomic E-state index is 12.1. The molecule has 0 aliphatic heterocycles. The molecule has 0 unspecified atom stereocenters. The lowest BCUT2D eigenvalue weighted by Gasteiger charge is -2.12. The molecule has 0 saturated carbocycles. The van der Waals surface area contributed by atoms with E-state index in [2.05, 4.69) is 26.6 Å². The van der Waals surface area contributed by atoms with Crippen molar-refractivity contribution in [3.05, 3.63) is 35.9 Å². The lowest BCUT2D eigenvalue weighted by atomic mass is 9.97. The van der Waals surface area contributed by atoms with Gasteiger partial charge in [-0.1, -0.05) is 35.5 Å². The van der Waals surface area contributed by atoms with Crippen LogP contribution >= 0.6 is 11.8 Å². The zero-order valence-electron chi connectivity index (χ0n) is 14.0. The topological polar surface area (TPSA) is 75.1 Å². The largest absolute Gasteiger partial charge is 0.355 e. The van der Waals surface area contributed by atoms with Crippen molar-refractivity contribution in [1.29, 1.82) is 0 Å². The van der Waals surface area contributed by atoms with E-state index in [1.54, 1.807) is 0 Å². The van der Waals surface area contributed by atoms with Gasteiger partial charge in [-0.2, -0.15) is 0 Å². The van der Waals surface area contributed by atoms with Gasteiger partial charge in [-0.05, 0) is 44.2 Å². The third-order valence-electron chi connectivity index (χ3n) is 4.49. The SMILES string of the molecule is O=C(CSc1n[nH]c2nc3ccccc3n12)NCCC1=CCCCC1. The summed E-state index contributed by atoms with van der Waals surface area (Å²) in [4.78, 5) is 16.6. The quantitative estimate of drug-likeness (QED) is 0.525. The Morgan fingerprint density at radius 3 is 3.12 bits per heavy atom. The molecule has 1 aromatic carbocycles. The molecule has 0 saturated heterocycles. The van der Waals surface area contributed by atoms with E-state index >= 15 is 0 Å². The second-order valence-corrected chi connectivity index (χ2v) is 7.20. The number of carbonyl (C=O) groups is 1. The van der Waals surface area contributed by atoms with Crippen LogP contribution < -0.4 is 5.32 Å². The molecule has 1 aliphatic rings. The van der Waals surface area contributed by atoms with Crippen molar-refractivity contribution < 1.29 is 4.79 Å². The molecule has 0 atom stereocenters. The Balaban J connectivity index is 1.34. The molecule has 4 rings (SSSR count). The molecule has 0 spiro atoms. The van der Waals surface area contributed by atoms with Crippen molar-refractivity contribution in [3.63, 3.8) is 0 Å². The number of nitrogens with zero attached hydrogens (tertiary/aromatic N) is 3. The van der Waals surface area contributed by atoms with Gasteiger partial charge in [0.2, 0.25) is 11.7 Å². The number of amides is 1. The Morgan fingerprint density at radius 2 is 2.24 bits per heavy atom. The predicted octanol–water partition coefficient (Wildman–Crippen LogP) is 3.31. The Bertz CT molecular complexity index is 926. The summed E-state index contributed by atoms with van der Waals surface area (Å²) in [5.41, 5.74) is 3.40. The second-order valence-electron chi connectivity index (χ2n) is 6.26. The Hall–Kier alpha value is -2.28. The van der Waals surface area contributed by atoms with Crippen LogP contribution in [0.15, 0.2) is 41.1 Å². The molecule has 1 amide bonds. The number of nitrogens with one attached hydrogen (secondary N) is 2. The molecule has 0 radical (unpaired) electrons. The summed E-state index contributed by atoms with van der Waals surface area (Å²) >= 11 is 1.42. The molecule has 1 aliphatic carbocycles. The summed E-state index contributed by atoms with van der Waals surface area (Å²) in [5, 5.41) is 11.0. The van der Waals surface area contributed by atoms with Crippen LogP contribution in [-0.2, 0) is 4.79 Å². The van der Waals surface area contributed by atoms with Gasteiger partial charge in [0.05, 0.1) is 16.8 Å². The summed E-state index contributed by atoms with van der Waals surface area (Å²) in [6.07, 6.45) is 8.25. The molecule has 2 aromatic heterocycles. The van der Waals surface area contributed by atoms with E-state index in [4.69, 9.17) is 0 Å². The number of rotatable bonds is 6. The van der Waals surface area contributed by atoms with Crippen molar-refractivity contribution in [3.8, 4) is 0 Å².